The van der Waals surface area contributed by atoms with Crippen molar-refractivity contribution in [2.75, 3.05) is 5.32 Å². The van der Waals surface area contributed by atoms with E-state index in [0.29, 0.717) is 27.5 Å². The van der Waals surface area contributed by atoms with Crippen LogP contribution in [-0.4, -0.2) is 15.7 Å². The van der Waals surface area contributed by atoms with E-state index < -0.39 is 11.7 Å². The van der Waals surface area contributed by atoms with Crippen LogP contribution in [-0.2, 0) is 6.18 Å². The molecule has 7 heteroatoms. The zero-order chi connectivity index (χ0) is 18.7. The van der Waals surface area contributed by atoms with Crippen LogP contribution in [0.5, 0.6) is 0 Å². The van der Waals surface area contributed by atoms with Gasteiger partial charge in [0.1, 0.15) is 5.01 Å². The van der Waals surface area contributed by atoms with Crippen LogP contribution in [0.3, 0.4) is 0 Å². The Morgan fingerprint density at radius 1 is 1.12 bits per heavy atom. The smallest absolute Gasteiger partial charge is 0.354 e. The van der Waals surface area contributed by atoms with Gasteiger partial charge < -0.3 is 5.32 Å². The van der Waals surface area contributed by atoms with Gasteiger partial charge in [-0.2, -0.15) is 13.2 Å². The number of nitrogens with zero attached hydrogens (tertiary/aromatic N) is 2. The number of anilines is 1. The maximum Gasteiger partial charge on any atom is 0.416 e. The van der Waals surface area contributed by atoms with E-state index in [-0.39, 0.29) is 11.0 Å². The number of hydrogen-bond donors (Lipinski definition) is 1. The molecule has 1 N–H and O–H groups in total. The van der Waals surface area contributed by atoms with Gasteiger partial charge in [-0.3, -0.25) is 0 Å². The summed E-state index contributed by atoms with van der Waals surface area (Å²) in [4.78, 5) is 0. The Morgan fingerprint density at radius 2 is 1.85 bits per heavy atom. The van der Waals surface area contributed by atoms with Crippen molar-refractivity contribution in [2.24, 2.45) is 17.3 Å². The lowest BCUT2D eigenvalue weighted by Crippen LogP contribution is -2.52. The van der Waals surface area contributed by atoms with Crippen LogP contribution >= 0.6 is 11.3 Å². The third kappa shape index (κ3) is 2.63. The van der Waals surface area contributed by atoms with E-state index in [9.17, 15) is 13.2 Å². The first-order chi connectivity index (χ1) is 12.1. The fourth-order valence-electron chi connectivity index (χ4n) is 4.82. The molecular weight excluding hydrogens is 359 g/mol. The molecule has 2 saturated carbocycles. The number of alkyl halides is 3. The van der Waals surface area contributed by atoms with E-state index in [4.69, 9.17) is 0 Å². The maximum absolute atomic E-state index is 12.9. The van der Waals surface area contributed by atoms with Crippen molar-refractivity contribution in [2.45, 2.75) is 51.7 Å². The van der Waals surface area contributed by atoms with Crippen LogP contribution in [0, 0.1) is 17.3 Å². The Kier molecular flexibility index (Phi) is 3.88. The lowest BCUT2D eigenvalue weighted by molar-refractivity contribution is -0.137. The van der Waals surface area contributed by atoms with Crippen LogP contribution in [0.4, 0.5) is 18.3 Å². The predicted molar refractivity (Wildman–Crippen MR) is 97.0 cm³/mol. The van der Waals surface area contributed by atoms with Crippen LogP contribution in [0.1, 0.15) is 45.6 Å². The minimum absolute atomic E-state index is 0.0689. The quantitative estimate of drug-likeness (QED) is 0.725. The molecule has 1 aromatic carbocycles. The van der Waals surface area contributed by atoms with Crippen molar-refractivity contribution >= 4 is 16.5 Å². The summed E-state index contributed by atoms with van der Waals surface area (Å²) < 4.78 is 38.8. The highest BCUT2D eigenvalue weighted by Crippen LogP contribution is 2.62. The van der Waals surface area contributed by atoms with Crippen molar-refractivity contribution in [3.63, 3.8) is 0 Å². The SMILES string of the molecule is CC1(C)C2CCC(C2)C1(C)Nc1nnc(-c2cccc(C(F)(F)F)c2)s1. The monoisotopic (exact) mass is 381 g/mol. The summed E-state index contributed by atoms with van der Waals surface area (Å²) in [5.41, 5.74) is -0.137. The molecule has 2 aromatic rings. The summed E-state index contributed by atoms with van der Waals surface area (Å²) in [7, 11) is 0. The molecule has 3 atom stereocenters. The Labute approximate surface area is 155 Å². The van der Waals surface area contributed by atoms with Gasteiger partial charge in [0.25, 0.3) is 0 Å². The van der Waals surface area contributed by atoms with Crippen molar-refractivity contribution in [1.82, 2.24) is 10.2 Å². The standard InChI is InChI=1S/C19H22F3N3S/c1-17(2)12-7-8-13(10-12)18(17,3)23-16-25-24-15(26-16)11-5-4-6-14(9-11)19(20,21)22/h4-6,9,12-13H,7-8,10H2,1-3H3,(H,23,25). The molecule has 0 aliphatic heterocycles. The first-order valence-electron chi connectivity index (χ1n) is 8.90. The largest absolute Gasteiger partial charge is 0.416 e. The number of nitrogens with one attached hydrogen (secondary N) is 1. The van der Waals surface area contributed by atoms with Gasteiger partial charge in [0.2, 0.25) is 5.13 Å². The number of rotatable bonds is 3. The molecule has 2 bridgehead atoms. The average Bonchev–Trinajstić information content (AvgIpc) is 3.26. The van der Waals surface area contributed by atoms with Crippen LogP contribution in [0.25, 0.3) is 10.6 Å². The molecule has 0 spiro atoms. The summed E-state index contributed by atoms with van der Waals surface area (Å²) in [5.74, 6) is 1.31. The van der Waals surface area contributed by atoms with E-state index in [2.05, 4.69) is 36.3 Å². The highest BCUT2D eigenvalue weighted by atomic mass is 32.1. The van der Waals surface area contributed by atoms with Gasteiger partial charge in [0.15, 0.2) is 0 Å². The van der Waals surface area contributed by atoms with Crippen LogP contribution in [0.2, 0.25) is 0 Å². The number of fused-ring (bicyclic) bond motifs is 2. The molecule has 1 aromatic heterocycles. The van der Waals surface area contributed by atoms with Gasteiger partial charge >= 0.3 is 6.18 Å². The van der Waals surface area contributed by atoms with Gasteiger partial charge in [-0.25, -0.2) is 0 Å². The third-order valence-electron chi connectivity index (χ3n) is 6.84. The summed E-state index contributed by atoms with van der Waals surface area (Å²) in [6, 6.07) is 5.26. The van der Waals surface area contributed by atoms with E-state index in [1.165, 1.54) is 36.7 Å². The highest BCUT2D eigenvalue weighted by molar-refractivity contribution is 7.18. The number of benzene rings is 1. The minimum Gasteiger partial charge on any atom is -0.354 e. The molecule has 0 saturated heterocycles. The first kappa shape index (κ1) is 17.8. The van der Waals surface area contributed by atoms with E-state index in [1.807, 2.05) is 0 Å². The molecular formula is C19H22F3N3S. The molecule has 2 aliphatic rings. The molecule has 3 nitrogen and oxygen atoms in total. The van der Waals surface area contributed by atoms with Crippen LogP contribution in [0.15, 0.2) is 24.3 Å². The van der Waals surface area contributed by atoms with E-state index >= 15 is 0 Å². The van der Waals surface area contributed by atoms with Gasteiger partial charge in [0, 0.05) is 11.1 Å². The Balaban J connectivity index is 1.60. The summed E-state index contributed by atoms with van der Waals surface area (Å²) in [6.07, 6.45) is -0.629. The van der Waals surface area contributed by atoms with Crippen molar-refractivity contribution in [1.29, 1.82) is 0 Å². The van der Waals surface area contributed by atoms with Gasteiger partial charge in [0.05, 0.1) is 5.56 Å². The molecule has 2 aliphatic carbocycles. The summed E-state index contributed by atoms with van der Waals surface area (Å²) in [6.45, 7) is 6.86. The van der Waals surface area contributed by atoms with Crippen molar-refractivity contribution in [3.05, 3.63) is 29.8 Å². The second-order valence-electron chi connectivity index (χ2n) is 8.25. The number of aromatic nitrogens is 2. The number of hydrogen-bond acceptors (Lipinski definition) is 4. The topological polar surface area (TPSA) is 37.8 Å². The molecule has 4 rings (SSSR count). The fourth-order valence-corrected chi connectivity index (χ4v) is 5.67. The predicted octanol–water partition coefficient (Wildman–Crippen LogP) is 5.85. The zero-order valence-electron chi connectivity index (χ0n) is 15.0. The molecule has 0 radical (unpaired) electrons. The Bertz CT molecular complexity index is 829. The fraction of sp³-hybridized carbons (Fsp3) is 0.579. The first-order valence-corrected chi connectivity index (χ1v) is 9.72. The van der Waals surface area contributed by atoms with Gasteiger partial charge in [-0.05, 0) is 55.6 Å². The van der Waals surface area contributed by atoms with Gasteiger partial charge in [-0.1, -0.05) is 37.3 Å². The molecule has 140 valence electrons. The van der Waals surface area contributed by atoms with Gasteiger partial charge in [-0.15, -0.1) is 10.2 Å². The van der Waals surface area contributed by atoms with Crippen LogP contribution < -0.4 is 5.32 Å². The molecule has 3 unspecified atom stereocenters. The molecule has 1 heterocycles. The normalized spacial score (nSPS) is 29.9. The second-order valence-corrected chi connectivity index (χ2v) is 9.22. The lowest BCUT2D eigenvalue weighted by atomic mass is 9.64. The zero-order valence-corrected chi connectivity index (χ0v) is 15.8. The maximum atomic E-state index is 12.9. The second kappa shape index (κ2) is 5.68. The van der Waals surface area contributed by atoms with Crippen molar-refractivity contribution in [3.8, 4) is 10.6 Å². The van der Waals surface area contributed by atoms with E-state index in [0.717, 1.165) is 12.1 Å². The summed E-state index contributed by atoms with van der Waals surface area (Å²) in [5, 5.41) is 13.1. The molecule has 26 heavy (non-hydrogen) atoms. The molecule has 0 amide bonds. The molecule has 2 fully saturated rings. The average molecular weight is 381 g/mol. The summed E-state index contributed by atoms with van der Waals surface area (Å²) >= 11 is 1.32. The highest BCUT2D eigenvalue weighted by Gasteiger charge is 2.60. The van der Waals surface area contributed by atoms with E-state index in [1.54, 1.807) is 6.07 Å². The lowest BCUT2D eigenvalue weighted by Gasteiger charge is -2.48. The number of halogens is 3. The third-order valence-corrected chi connectivity index (χ3v) is 7.72. The Hall–Kier alpha value is -1.63. The Morgan fingerprint density at radius 3 is 2.50 bits per heavy atom. The van der Waals surface area contributed by atoms with Crippen molar-refractivity contribution < 1.29 is 13.2 Å². The minimum atomic E-state index is -4.36.